The molecule has 3 rings (SSSR count). The van der Waals surface area contributed by atoms with Crippen molar-refractivity contribution in [1.29, 1.82) is 0 Å². The first-order valence-electron chi connectivity index (χ1n) is 9.49. The molecule has 0 saturated heterocycles. The third kappa shape index (κ3) is 4.40. The van der Waals surface area contributed by atoms with E-state index in [2.05, 4.69) is 10.3 Å². The summed E-state index contributed by atoms with van der Waals surface area (Å²) in [5.74, 6) is -0.661. The molecule has 9 heteroatoms. The molecular weight excluding hydrogens is 392 g/mol. The van der Waals surface area contributed by atoms with Crippen LogP contribution in [-0.2, 0) is 14.3 Å². The minimum atomic E-state index is -1.07. The van der Waals surface area contributed by atoms with E-state index >= 15 is 0 Å². The van der Waals surface area contributed by atoms with Crippen LogP contribution in [0.3, 0.4) is 0 Å². The summed E-state index contributed by atoms with van der Waals surface area (Å²) in [6.45, 7) is 8.35. The largest absolute Gasteiger partial charge is 0.459 e. The van der Waals surface area contributed by atoms with Gasteiger partial charge in [-0.25, -0.2) is 9.59 Å². The first-order valence-corrected chi connectivity index (χ1v) is 9.49. The van der Waals surface area contributed by atoms with Gasteiger partial charge in [-0.1, -0.05) is 0 Å². The fourth-order valence-electron chi connectivity index (χ4n) is 3.02. The maximum Gasteiger partial charge on any atom is 0.355 e. The quantitative estimate of drug-likeness (QED) is 0.695. The zero-order valence-electron chi connectivity index (χ0n) is 17.5. The molecule has 1 atom stereocenters. The van der Waals surface area contributed by atoms with E-state index in [1.54, 1.807) is 45.9 Å². The molecule has 30 heavy (non-hydrogen) atoms. The monoisotopic (exact) mass is 416 g/mol. The molecule has 0 aliphatic carbocycles. The Hall–Kier alpha value is -3.49. The SMILES string of the molecule is Cc1[nH]c(C(=O)O[C@H](C)C(=O)Nc2ccc3c(c2)OCO3)c(C)c1C(=O)OC(C)C. The number of carbonyl (C=O) groups excluding carboxylic acids is 3. The lowest BCUT2D eigenvalue weighted by Gasteiger charge is -2.14. The summed E-state index contributed by atoms with van der Waals surface area (Å²) in [4.78, 5) is 40.1. The minimum absolute atomic E-state index is 0.103. The molecule has 9 nitrogen and oxygen atoms in total. The van der Waals surface area contributed by atoms with Crippen LogP contribution in [0.2, 0.25) is 0 Å². The van der Waals surface area contributed by atoms with Gasteiger partial charge in [-0.3, -0.25) is 4.79 Å². The molecule has 0 fully saturated rings. The Balaban J connectivity index is 1.66. The minimum Gasteiger partial charge on any atom is -0.459 e. The van der Waals surface area contributed by atoms with Crippen LogP contribution in [0.15, 0.2) is 18.2 Å². The van der Waals surface area contributed by atoms with Crippen molar-refractivity contribution in [1.82, 2.24) is 4.98 Å². The maximum absolute atomic E-state index is 12.6. The van der Waals surface area contributed by atoms with Gasteiger partial charge in [0.2, 0.25) is 6.79 Å². The molecule has 2 aromatic rings. The molecule has 1 aliphatic heterocycles. The summed E-state index contributed by atoms with van der Waals surface area (Å²) >= 11 is 0. The molecule has 1 aromatic carbocycles. The maximum atomic E-state index is 12.6. The van der Waals surface area contributed by atoms with Gasteiger partial charge in [0.15, 0.2) is 17.6 Å². The Morgan fingerprint density at radius 3 is 2.43 bits per heavy atom. The Labute approximate surface area is 173 Å². The number of nitrogens with one attached hydrogen (secondary N) is 2. The van der Waals surface area contributed by atoms with Crippen molar-refractivity contribution in [2.24, 2.45) is 0 Å². The van der Waals surface area contributed by atoms with E-state index in [1.165, 1.54) is 6.92 Å². The Kier molecular flexibility index (Phi) is 6.00. The molecule has 2 heterocycles. The molecule has 0 saturated carbocycles. The van der Waals surface area contributed by atoms with Crippen LogP contribution in [0.4, 0.5) is 5.69 Å². The lowest BCUT2D eigenvalue weighted by molar-refractivity contribution is -0.123. The second-order valence-electron chi connectivity index (χ2n) is 7.18. The normalized spacial score (nSPS) is 13.1. The zero-order chi connectivity index (χ0) is 22.0. The van der Waals surface area contributed by atoms with Gasteiger partial charge >= 0.3 is 11.9 Å². The van der Waals surface area contributed by atoms with Crippen LogP contribution >= 0.6 is 0 Å². The molecule has 0 radical (unpaired) electrons. The highest BCUT2D eigenvalue weighted by Crippen LogP contribution is 2.34. The summed E-state index contributed by atoms with van der Waals surface area (Å²) in [6.07, 6.45) is -1.36. The van der Waals surface area contributed by atoms with E-state index in [0.29, 0.717) is 28.4 Å². The third-order valence-corrected chi connectivity index (χ3v) is 4.48. The Bertz CT molecular complexity index is 993. The summed E-state index contributed by atoms with van der Waals surface area (Å²) < 4.78 is 21.0. The fraction of sp³-hybridized carbons (Fsp3) is 0.381. The van der Waals surface area contributed by atoms with Gasteiger partial charge in [0, 0.05) is 17.4 Å². The molecule has 160 valence electrons. The van der Waals surface area contributed by atoms with Crippen molar-refractivity contribution in [2.75, 3.05) is 12.1 Å². The smallest absolute Gasteiger partial charge is 0.355 e. The number of hydrogen-bond acceptors (Lipinski definition) is 7. The molecule has 1 amide bonds. The third-order valence-electron chi connectivity index (χ3n) is 4.48. The van der Waals surface area contributed by atoms with Gasteiger partial charge in [0.05, 0.1) is 11.7 Å². The molecule has 0 bridgehead atoms. The summed E-state index contributed by atoms with van der Waals surface area (Å²) in [6, 6.07) is 4.96. The topological polar surface area (TPSA) is 116 Å². The lowest BCUT2D eigenvalue weighted by atomic mass is 10.1. The summed E-state index contributed by atoms with van der Waals surface area (Å²) in [7, 11) is 0. The zero-order valence-corrected chi connectivity index (χ0v) is 17.5. The first-order chi connectivity index (χ1) is 14.2. The number of esters is 2. The molecule has 0 spiro atoms. The van der Waals surface area contributed by atoms with Crippen LogP contribution < -0.4 is 14.8 Å². The van der Waals surface area contributed by atoms with Crippen LogP contribution in [0.5, 0.6) is 11.5 Å². The van der Waals surface area contributed by atoms with Gasteiger partial charge < -0.3 is 29.2 Å². The molecule has 2 N–H and O–H groups in total. The number of fused-ring (bicyclic) bond motifs is 1. The number of aromatic amines is 1. The highest BCUT2D eigenvalue weighted by molar-refractivity contribution is 6.00. The number of amides is 1. The van der Waals surface area contributed by atoms with Crippen molar-refractivity contribution in [3.63, 3.8) is 0 Å². The number of anilines is 1. The average Bonchev–Trinajstić information content (AvgIpc) is 3.24. The lowest BCUT2D eigenvalue weighted by Crippen LogP contribution is -2.30. The number of aryl methyl sites for hydroxylation is 1. The molecule has 0 unspecified atom stereocenters. The Morgan fingerprint density at radius 1 is 1.03 bits per heavy atom. The van der Waals surface area contributed by atoms with Crippen molar-refractivity contribution in [3.05, 3.63) is 40.7 Å². The highest BCUT2D eigenvalue weighted by Gasteiger charge is 2.27. The Morgan fingerprint density at radius 2 is 1.73 bits per heavy atom. The second-order valence-corrected chi connectivity index (χ2v) is 7.18. The summed E-state index contributed by atoms with van der Waals surface area (Å²) in [5.41, 5.74) is 1.77. The first kappa shape index (κ1) is 21.2. The van der Waals surface area contributed by atoms with E-state index in [1.807, 2.05) is 0 Å². The number of benzene rings is 1. The van der Waals surface area contributed by atoms with Crippen molar-refractivity contribution >= 4 is 23.5 Å². The van der Waals surface area contributed by atoms with Gasteiger partial charge in [-0.05, 0) is 52.3 Å². The number of H-pyrrole nitrogens is 1. The number of carbonyl (C=O) groups is 3. The average molecular weight is 416 g/mol. The van der Waals surface area contributed by atoms with Crippen LogP contribution in [0.1, 0.15) is 52.9 Å². The van der Waals surface area contributed by atoms with Crippen molar-refractivity contribution in [2.45, 2.75) is 46.8 Å². The standard InChI is InChI=1S/C21H24N2O7/c1-10(2)29-20(25)17-11(3)18(22-12(17)4)21(26)30-13(5)19(24)23-14-6-7-15-16(8-14)28-9-27-15/h6-8,10,13,22H,9H2,1-5H3,(H,23,24)/t13-/m1/s1. The number of rotatable bonds is 6. The predicted octanol–water partition coefficient (Wildman–Crippen LogP) is 3.11. The number of hydrogen-bond donors (Lipinski definition) is 2. The van der Waals surface area contributed by atoms with Gasteiger partial charge in [-0.2, -0.15) is 0 Å². The van der Waals surface area contributed by atoms with Gasteiger partial charge in [0.25, 0.3) is 5.91 Å². The number of ether oxygens (including phenoxy) is 4. The van der Waals surface area contributed by atoms with E-state index in [0.717, 1.165) is 0 Å². The van der Waals surface area contributed by atoms with Gasteiger partial charge in [-0.15, -0.1) is 0 Å². The highest BCUT2D eigenvalue weighted by atomic mass is 16.7. The predicted molar refractivity (Wildman–Crippen MR) is 107 cm³/mol. The van der Waals surface area contributed by atoms with E-state index in [4.69, 9.17) is 18.9 Å². The number of aromatic nitrogens is 1. The fourth-order valence-corrected chi connectivity index (χ4v) is 3.02. The van der Waals surface area contributed by atoms with Crippen LogP contribution in [-0.4, -0.2) is 41.8 Å². The second kappa shape index (κ2) is 8.48. The van der Waals surface area contributed by atoms with Crippen LogP contribution in [0, 0.1) is 13.8 Å². The molecular formula is C21H24N2O7. The van der Waals surface area contributed by atoms with E-state index in [9.17, 15) is 14.4 Å². The van der Waals surface area contributed by atoms with E-state index < -0.39 is 23.9 Å². The van der Waals surface area contributed by atoms with Crippen molar-refractivity contribution < 1.29 is 33.3 Å². The van der Waals surface area contributed by atoms with Crippen LogP contribution in [0.25, 0.3) is 0 Å². The molecule has 1 aromatic heterocycles. The summed E-state index contributed by atoms with van der Waals surface area (Å²) in [5, 5.41) is 2.66. The van der Waals surface area contributed by atoms with Crippen molar-refractivity contribution in [3.8, 4) is 11.5 Å². The molecule has 1 aliphatic rings. The van der Waals surface area contributed by atoms with E-state index in [-0.39, 0.29) is 24.2 Å². The van der Waals surface area contributed by atoms with Gasteiger partial charge in [0.1, 0.15) is 5.69 Å².